The summed E-state index contributed by atoms with van der Waals surface area (Å²) in [5, 5.41) is 4.13. The van der Waals surface area contributed by atoms with E-state index in [-0.39, 0.29) is 11.9 Å². The van der Waals surface area contributed by atoms with Crippen LogP contribution in [-0.2, 0) is 11.2 Å². The first-order valence-electron chi connectivity index (χ1n) is 10.5. The van der Waals surface area contributed by atoms with Crippen LogP contribution in [0.1, 0.15) is 30.7 Å². The second-order valence-electron chi connectivity index (χ2n) is 7.61. The predicted molar refractivity (Wildman–Crippen MR) is 122 cm³/mol. The van der Waals surface area contributed by atoms with Crippen molar-refractivity contribution < 1.29 is 13.9 Å². The fraction of sp³-hybridized carbons (Fsp3) is 0.240. The predicted octanol–water partition coefficient (Wildman–Crippen LogP) is 4.69. The number of furan rings is 1. The van der Waals surface area contributed by atoms with Gasteiger partial charge in [-0.2, -0.15) is 5.10 Å². The second kappa shape index (κ2) is 9.51. The molecule has 0 aliphatic carbocycles. The third-order valence-corrected chi connectivity index (χ3v) is 5.65. The van der Waals surface area contributed by atoms with Crippen molar-refractivity contribution in [3.8, 4) is 22.8 Å². The van der Waals surface area contributed by atoms with E-state index in [0.717, 1.165) is 34.1 Å². The molecule has 0 aliphatic heterocycles. The van der Waals surface area contributed by atoms with Crippen LogP contribution in [-0.4, -0.2) is 39.7 Å². The van der Waals surface area contributed by atoms with Crippen LogP contribution in [0.4, 0.5) is 0 Å². The minimum Gasteiger partial charge on any atom is -0.497 e. The third-order valence-electron chi connectivity index (χ3n) is 5.65. The normalized spacial score (nSPS) is 11.8. The third kappa shape index (κ3) is 4.72. The summed E-state index contributed by atoms with van der Waals surface area (Å²) >= 11 is 0. The van der Waals surface area contributed by atoms with Gasteiger partial charge in [0, 0.05) is 25.5 Å². The van der Waals surface area contributed by atoms with Crippen LogP contribution in [0, 0.1) is 0 Å². The fourth-order valence-electron chi connectivity index (χ4n) is 3.52. The molecule has 0 spiro atoms. The first-order valence-corrected chi connectivity index (χ1v) is 10.5. The van der Waals surface area contributed by atoms with Gasteiger partial charge in [-0.3, -0.25) is 4.79 Å². The molecule has 2 aromatic heterocycles. The Labute approximate surface area is 187 Å². The summed E-state index contributed by atoms with van der Waals surface area (Å²) in [6.45, 7) is 2.02. The van der Waals surface area contributed by atoms with Crippen LogP contribution in [0.3, 0.4) is 0 Å². The minimum absolute atomic E-state index is 0.0428. The Kier molecular flexibility index (Phi) is 6.35. The van der Waals surface area contributed by atoms with Crippen molar-refractivity contribution in [1.29, 1.82) is 0 Å². The molecule has 0 bridgehead atoms. The molecule has 164 valence electrons. The van der Waals surface area contributed by atoms with Gasteiger partial charge in [0.15, 0.2) is 0 Å². The number of hydrogen-bond acceptors (Lipinski definition) is 5. The van der Waals surface area contributed by atoms with Crippen molar-refractivity contribution in [3.63, 3.8) is 0 Å². The summed E-state index contributed by atoms with van der Waals surface area (Å²) in [6, 6.07) is 19.5. The lowest BCUT2D eigenvalue weighted by atomic mass is 10.1. The molecule has 4 rings (SSSR count). The smallest absolute Gasteiger partial charge is 0.223 e. The van der Waals surface area contributed by atoms with E-state index in [0.29, 0.717) is 12.8 Å². The van der Waals surface area contributed by atoms with Gasteiger partial charge >= 0.3 is 0 Å². The van der Waals surface area contributed by atoms with Gasteiger partial charge in [-0.05, 0) is 61.0 Å². The zero-order chi connectivity index (χ0) is 22.5. The molecule has 7 heteroatoms. The number of carbonyl (C=O) groups is 1. The maximum absolute atomic E-state index is 12.8. The highest BCUT2D eigenvalue weighted by atomic mass is 16.5. The quantitative estimate of drug-likeness (QED) is 0.406. The molecule has 0 saturated heterocycles. The monoisotopic (exact) mass is 430 g/mol. The average Bonchev–Trinajstić information content (AvgIpc) is 3.54. The summed E-state index contributed by atoms with van der Waals surface area (Å²) < 4.78 is 12.8. The van der Waals surface area contributed by atoms with Gasteiger partial charge in [0.1, 0.15) is 29.9 Å². The number of benzene rings is 2. The van der Waals surface area contributed by atoms with Crippen molar-refractivity contribution in [2.45, 2.75) is 25.8 Å². The average molecular weight is 431 g/mol. The number of carbonyl (C=O) groups excluding carboxylic acids is 1. The highest BCUT2D eigenvalue weighted by Crippen LogP contribution is 2.26. The molecule has 0 aliphatic rings. The van der Waals surface area contributed by atoms with Crippen LogP contribution in [0.15, 0.2) is 77.7 Å². The molecular weight excluding hydrogens is 404 g/mol. The van der Waals surface area contributed by atoms with E-state index in [4.69, 9.17) is 9.15 Å². The fourth-order valence-corrected chi connectivity index (χ4v) is 3.52. The zero-order valence-corrected chi connectivity index (χ0v) is 18.4. The standard InChI is InChI=1S/C25H26N4O3/c1-18(19-4-8-21(9-5-19)29-17-26-16-27-29)28(2)25(30)15-13-23-12-14-24(32-23)20-6-10-22(31-3)11-7-20/h4-12,14,16-18H,13,15H2,1-3H3/t18-/m1/s1. The molecule has 2 heterocycles. The van der Waals surface area contributed by atoms with Gasteiger partial charge in [0.05, 0.1) is 18.8 Å². The number of amides is 1. The van der Waals surface area contributed by atoms with Crippen molar-refractivity contribution in [3.05, 3.63) is 84.6 Å². The van der Waals surface area contributed by atoms with E-state index in [1.54, 1.807) is 23.0 Å². The Morgan fingerprint density at radius 1 is 1.09 bits per heavy atom. The summed E-state index contributed by atoms with van der Waals surface area (Å²) in [4.78, 5) is 18.5. The number of rotatable bonds is 8. The van der Waals surface area contributed by atoms with Crippen LogP contribution >= 0.6 is 0 Å². The zero-order valence-electron chi connectivity index (χ0n) is 18.4. The van der Waals surface area contributed by atoms with Gasteiger partial charge < -0.3 is 14.1 Å². The molecule has 32 heavy (non-hydrogen) atoms. The van der Waals surface area contributed by atoms with E-state index < -0.39 is 0 Å². The molecule has 1 amide bonds. The number of nitrogens with zero attached hydrogens (tertiary/aromatic N) is 4. The molecule has 7 nitrogen and oxygen atoms in total. The number of aromatic nitrogens is 3. The van der Waals surface area contributed by atoms with E-state index >= 15 is 0 Å². The van der Waals surface area contributed by atoms with E-state index in [9.17, 15) is 4.79 Å². The highest BCUT2D eigenvalue weighted by molar-refractivity contribution is 5.76. The van der Waals surface area contributed by atoms with Gasteiger partial charge in [-0.15, -0.1) is 0 Å². The van der Waals surface area contributed by atoms with Gasteiger partial charge in [-0.25, -0.2) is 9.67 Å². The molecular formula is C25H26N4O3. The first-order chi connectivity index (χ1) is 15.5. The Bertz CT molecular complexity index is 1150. The molecule has 2 aromatic carbocycles. The molecule has 0 radical (unpaired) electrons. The highest BCUT2D eigenvalue weighted by Gasteiger charge is 2.18. The Balaban J connectivity index is 1.34. The number of ether oxygens (including phenoxy) is 1. The van der Waals surface area contributed by atoms with Crippen molar-refractivity contribution in [1.82, 2.24) is 19.7 Å². The second-order valence-corrected chi connectivity index (χ2v) is 7.61. The Morgan fingerprint density at radius 2 is 1.84 bits per heavy atom. The van der Waals surface area contributed by atoms with E-state index in [1.807, 2.05) is 74.6 Å². The maximum atomic E-state index is 12.8. The lowest BCUT2D eigenvalue weighted by Crippen LogP contribution is -2.29. The molecule has 0 N–H and O–H groups in total. The Morgan fingerprint density at radius 3 is 2.50 bits per heavy atom. The molecule has 0 unspecified atom stereocenters. The molecule has 1 atom stereocenters. The summed E-state index contributed by atoms with van der Waals surface area (Å²) in [6.07, 6.45) is 4.09. The Hall–Kier alpha value is -3.87. The van der Waals surface area contributed by atoms with Gasteiger partial charge in [-0.1, -0.05) is 12.1 Å². The largest absolute Gasteiger partial charge is 0.497 e. The van der Waals surface area contributed by atoms with Crippen molar-refractivity contribution in [2.75, 3.05) is 14.2 Å². The van der Waals surface area contributed by atoms with Crippen LogP contribution in [0.2, 0.25) is 0 Å². The minimum atomic E-state index is -0.0428. The molecule has 4 aromatic rings. The van der Waals surface area contributed by atoms with Gasteiger partial charge in [0.25, 0.3) is 0 Å². The number of hydrogen-bond donors (Lipinski definition) is 0. The van der Waals surface area contributed by atoms with Crippen LogP contribution < -0.4 is 4.74 Å². The lowest BCUT2D eigenvalue weighted by Gasteiger charge is -2.25. The van der Waals surface area contributed by atoms with Crippen LogP contribution in [0.5, 0.6) is 5.75 Å². The summed E-state index contributed by atoms with van der Waals surface area (Å²) in [5.74, 6) is 2.45. The number of aryl methyl sites for hydroxylation is 1. The molecule has 0 fully saturated rings. The van der Waals surface area contributed by atoms with Crippen molar-refractivity contribution >= 4 is 5.91 Å². The van der Waals surface area contributed by atoms with E-state index in [2.05, 4.69) is 10.1 Å². The van der Waals surface area contributed by atoms with Crippen molar-refractivity contribution in [2.24, 2.45) is 0 Å². The van der Waals surface area contributed by atoms with E-state index in [1.165, 1.54) is 6.33 Å². The topological polar surface area (TPSA) is 73.4 Å². The van der Waals surface area contributed by atoms with Crippen LogP contribution in [0.25, 0.3) is 17.0 Å². The SMILES string of the molecule is COc1ccc(-c2ccc(CCC(=O)N(C)[C@H](C)c3ccc(-n4cncn4)cc3)o2)cc1. The maximum Gasteiger partial charge on any atom is 0.223 e. The summed E-state index contributed by atoms with van der Waals surface area (Å²) in [5.41, 5.74) is 2.96. The summed E-state index contributed by atoms with van der Waals surface area (Å²) in [7, 11) is 3.48. The molecule has 0 saturated carbocycles. The number of methoxy groups -OCH3 is 1. The van der Waals surface area contributed by atoms with Gasteiger partial charge in [0.2, 0.25) is 5.91 Å². The lowest BCUT2D eigenvalue weighted by molar-refractivity contribution is -0.131. The first kappa shape index (κ1) is 21.4.